The highest BCUT2D eigenvalue weighted by molar-refractivity contribution is 5.44. The van der Waals surface area contributed by atoms with Crippen molar-refractivity contribution in [1.29, 1.82) is 0 Å². The standard InChI is InChI=1S/C13H15N3O3/c1-9-14-13(19-15-9)7-16(2)6-10-3-4-11-12(5-10)18-8-17-11/h3-5H,6-8H2,1-2H3. The third-order valence-corrected chi connectivity index (χ3v) is 2.86. The average molecular weight is 261 g/mol. The van der Waals surface area contributed by atoms with E-state index in [1.54, 1.807) is 0 Å². The van der Waals surface area contributed by atoms with Gasteiger partial charge in [0.25, 0.3) is 0 Å². The molecule has 0 saturated carbocycles. The number of benzene rings is 1. The van der Waals surface area contributed by atoms with Crippen molar-refractivity contribution < 1.29 is 14.0 Å². The van der Waals surface area contributed by atoms with Crippen LogP contribution in [0.1, 0.15) is 17.3 Å². The van der Waals surface area contributed by atoms with Crippen LogP contribution in [0.5, 0.6) is 11.5 Å². The van der Waals surface area contributed by atoms with E-state index in [-0.39, 0.29) is 0 Å². The zero-order valence-electron chi connectivity index (χ0n) is 10.9. The lowest BCUT2D eigenvalue weighted by atomic mass is 10.2. The van der Waals surface area contributed by atoms with Crippen molar-refractivity contribution in [3.63, 3.8) is 0 Å². The number of fused-ring (bicyclic) bond motifs is 1. The number of hydrogen-bond acceptors (Lipinski definition) is 6. The Morgan fingerprint density at radius 3 is 2.84 bits per heavy atom. The van der Waals surface area contributed by atoms with E-state index in [0.717, 1.165) is 23.6 Å². The lowest BCUT2D eigenvalue weighted by Gasteiger charge is -2.14. The van der Waals surface area contributed by atoms with E-state index in [2.05, 4.69) is 15.0 Å². The molecule has 3 rings (SSSR count). The molecule has 1 aliphatic heterocycles. The molecule has 0 N–H and O–H groups in total. The van der Waals surface area contributed by atoms with E-state index in [1.165, 1.54) is 0 Å². The SMILES string of the molecule is Cc1noc(CN(C)Cc2ccc3c(c2)OCO3)n1. The monoisotopic (exact) mass is 261 g/mol. The van der Waals surface area contributed by atoms with Gasteiger partial charge in [-0.2, -0.15) is 4.98 Å². The average Bonchev–Trinajstić information content (AvgIpc) is 2.97. The first-order valence-corrected chi connectivity index (χ1v) is 6.07. The fourth-order valence-corrected chi connectivity index (χ4v) is 2.04. The van der Waals surface area contributed by atoms with Gasteiger partial charge in [0.1, 0.15) is 0 Å². The van der Waals surface area contributed by atoms with E-state index >= 15 is 0 Å². The van der Waals surface area contributed by atoms with Gasteiger partial charge in [-0.25, -0.2) is 0 Å². The summed E-state index contributed by atoms with van der Waals surface area (Å²) in [5.74, 6) is 2.89. The van der Waals surface area contributed by atoms with Crippen molar-refractivity contribution in [3.8, 4) is 11.5 Å². The molecule has 0 bridgehead atoms. The lowest BCUT2D eigenvalue weighted by Crippen LogP contribution is -2.17. The number of aromatic nitrogens is 2. The van der Waals surface area contributed by atoms with Crippen LogP contribution in [0.15, 0.2) is 22.7 Å². The zero-order valence-corrected chi connectivity index (χ0v) is 10.9. The number of aryl methyl sites for hydroxylation is 1. The van der Waals surface area contributed by atoms with Crippen LogP contribution in [0.25, 0.3) is 0 Å². The first kappa shape index (κ1) is 12.0. The Morgan fingerprint density at radius 1 is 1.21 bits per heavy atom. The van der Waals surface area contributed by atoms with Gasteiger partial charge in [0.05, 0.1) is 6.54 Å². The minimum Gasteiger partial charge on any atom is -0.454 e. The molecule has 0 radical (unpaired) electrons. The normalized spacial score (nSPS) is 13.2. The summed E-state index contributed by atoms with van der Waals surface area (Å²) in [4.78, 5) is 6.29. The molecular formula is C13H15N3O3. The largest absolute Gasteiger partial charge is 0.454 e. The predicted octanol–water partition coefficient (Wildman–Crippen LogP) is 1.74. The molecule has 0 saturated heterocycles. The number of ether oxygens (including phenoxy) is 2. The maximum atomic E-state index is 5.36. The lowest BCUT2D eigenvalue weighted by molar-refractivity contribution is 0.174. The molecule has 2 heterocycles. The minimum absolute atomic E-state index is 0.301. The van der Waals surface area contributed by atoms with Gasteiger partial charge in [0.2, 0.25) is 12.7 Å². The van der Waals surface area contributed by atoms with Gasteiger partial charge >= 0.3 is 0 Å². The van der Waals surface area contributed by atoms with Crippen LogP contribution >= 0.6 is 0 Å². The first-order valence-electron chi connectivity index (χ1n) is 6.07. The third kappa shape index (κ3) is 2.68. The van der Waals surface area contributed by atoms with Gasteiger partial charge in [-0.05, 0) is 31.7 Å². The highest BCUT2D eigenvalue weighted by atomic mass is 16.7. The van der Waals surface area contributed by atoms with E-state index in [9.17, 15) is 0 Å². The van der Waals surface area contributed by atoms with Gasteiger partial charge in [-0.1, -0.05) is 11.2 Å². The summed E-state index contributed by atoms with van der Waals surface area (Å²) in [7, 11) is 2.00. The van der Waals surface area contributed by atoms with E-state index in [1.807, 2.05) is 32.2 Å². The summed E-state index contributed by atoms with van der Waals surface area (Å²) in [6, 6.07) is 5.96. The van der Waals surface area contributed by atoms with Crippen LogP contribution in [0.3, 0.4) is 0 Å². The molecule has 1 aromatic heterocycles. The molecular weight excluding hydrogens is 246 g/mol. The zero-order chi connectivity index (χ0) is 13.2. The van der Waals surface area contributed by atoms with Crippen LogP contribution in [-0.4, -0.2) is 28.9 Å². The van der Waals surface area contributed by atoms with Crippen LogP contribution in [0.2, 0.25) is 0 Å². The molecule has 1 aromatic carbocycles. The Labute approximate surface area is 110 Å². The Morgan fingerprint density at radius 2 is 2.05 bits per heavy atom. The van der Waals surface area contributed by atoms with Crippen LogP contribution in [-0.2, 0) is 13.1 Å². The molecule has 0 aliphatic carbocycles. The summed E-state index contributed by atoms with van der Waals surface area (Å²) < 4.78 is 15.7. The summed E-state index contributed by atoms with van der Waals surface area (Å²) in [5.41, 5.74) is 1.16. The van der Waals surface area contributed by atoms with Crippen molar-refractivity contribution in [2.45, 2.75) is 20.0 Å². The molecule has 19 heavy (non-hydrogen) atoms. The third-order valence-electron chi connectivity index (χ3n) is 2.86. The van der Waals surface area contributed by atoms with Crippen LogP contribution in [0, 0.1) is 6.92 Å². The van der Waals surface area contributed by atoms with Crippen molar-refractivity contribution in [1.82, 2.24) is 15.0 Å². The first-order chi connectivity index (χ1) is 9.20. The second-order valence-electron chi connectivity index (χ2n) is 4.60. The summed E-state index contributed by atoms with van der Waals surface area (Å²) in [6.07, 6.45) is 0. The second-order valence-corrected chi connectivity index (χ2v) is 4.60. The molecule has 6 nitrogen and oxygen atoms in total. The maximum Gasteiger partial charge on any atom is 0.240 e. The Kier molecular flexibility index (Phi) is 3.08. The van der Waals surface area contributed by atoms with Gasteiger partial charge in [0.15, 0.2) is 17.3 Å². The highest BCUT2D eigenvalue weighted by Gasteiger charge is 2.14. The molecule has 2 aromatic rings. The molecule has 6 heteroatoms. The predicted molar refractivity (Wildman–Crippen MR) is 66.8 cm³/mol. The van der Waals surface area contributed by atoms with Crippen molar-refractivity contribution in [2.75, 3.05) is 13.8 Å². The Balaban J connectivity index is 1.64. The van der Waals surface area contributed by atoms with E-state index < -0.39 is 0 Å². The van der Waals surface area contributed by atoms with Crippen molar-refractivity contribution >= 4 is 0 Å². The molecule has 0 unspecified atom stereocenters. The Bertz CT molecular complexity index is 582. The van der Waals surface area contributed by atoms with Crippen molar-refractivity contribution in [3.05, 3.63) is 35.5 Å². The maximum absolute atomic E-state index is 5.36. The summed E-state index contributed by atoms with van der Waals surface area (Å²) in [5, 5.41) is 3.77. The van der Waals surface area contributed by atoms with Crippen molar-refractivity contribution in [2.24, 2.45) is 0 Å². The highest BCUT2D eigenvalue weighted by Crippen LogP contribution is 2.32. The minimum atomic E-state index is 0.301. The molecule has 100 valence electrons. The number of rotatable bonds is 4. The second kappa shape index (κ2) is 4.89. The van der Waals surface area contributed by atoms with Gasteiger partial charge in [-0.3, -0.25) is 4.90 Å². The van der Waals surface area contributed by atoms with E-state index in [4.69, 9.17) is 14.0 Å². The van der Waals surface area contributed by atoms with Crippen LogP contribution in [0.4, 0.5) is 0 Å². The topological polar surface area (TPSA) is 60.6 Å². The summed E-state index contributed by atoms with van der Waals surface area (Å²) >= 11 is 0. The molecule has 1 aliphatic rings. The molecule has 0 spiro atoms. The molecule has 0 amide bonds. The number of hydrogen-bond donors (Lipinski definition) is 0. The Hall–Kier alpha value is -2.08. The number of nitrogens with zero attached hydrogens (tertiary/aromatic N) is 3. The van der Waals surface area contributed by atoms with Crippen LogP contribution < -0.4 is 9.47 Å². The fourth-order valence-electron chi connectivity index (χ4n) is 2.04. The van der Waals surface area contributed by atoms with Gasteiger partial charge < -0.3 is 14.0 Å². The quantitative estimate of drug-likeness (QED) is 0.835. The molecule has 0 atom stereocenters. The summed E-state index contributed by atoms with van der Waals surface area (Å²) in [6.45, 7) is 3.51. The molecule has 0 fully saturated rings. The van der Waals surface area contributed by atoms with E-state index in [0.29, 0.717) is 25.1 Å². The van der Waals surface area contributed by atoms with Gasteiger partial charge in [-0.15, -0.1) is 0 Å². The van der Waals surface area contributed by atoms with Gasteiger partial charge in [0, 0.05) is 6.54 Å². The smallest absolute Gasteiger partial charge is 0.240 e. The fraction of sp³-hybridized carbons (Fsp3) is 0.385.